The second-order valence-electron chi connectivity index (χ2n) is 5.49. The summed E-state index contributed by atoms with van der Waals surface area (Å²) in [4.78, 5) is 6.87. The molecule has 1 aromatic rings. The summed E-state index contributed by atoms with van der Waals surface area (Å²) in [6.45, 7) is 6.89. The van der Waals surface area contributed by atoms with E-state index in [1.807, 2.05) is 0 Å². The van der Waals surface area contributed by atoms with E-state index in [-0.39, 0.29) is 5.41 Å². The molecule has 1 aliphatic rings. The van der Waals surface area contributed by atoms with Crippen molar-refractivity contribution in [1.82, 2.24) is 10.1 Å². The zero-order valence-corrected chi connectivity index (χ0v) is 12.2. The Balaban J connectivity index is 2.17. The van der Waals surface area contributed by atoms with Crippen molar-refractivity contribution < 1.29 is 4.52 Å². The van der Waals surface area contributed by atoms with Crippen LogP contribution in [0, 0.1) is 0 Å². The molecule has 0 atom stereocenters. The lowest BCUT2D eigenvalue weighted by molar-refractivity contribution is 0.267. The van der Waals surface area contributed by atoms with Gasteiger partial charge >= 0.3 is 0 Å². The number of rotatable bonds is 5. The molecule has 5 heteroatoms. The summed E-state index contributed by atoms with van der Waals surface area (Å²) < 4.78 is 5.51. The van der Waals surface area contributed by atoms with Crippen molar-refractivity contribution in [3.8, 4) is 0 Å². The van der Waals surface area contributed by atoms with E-state index in [2.05, 4.69) is 28.9 Å². The van der Waals surface area contributed by atoms with Crippen LogP contribution in [0.25, 0.3) is 0 Å². The highest BCUT2D eigenvalue weighted by Crippen LogP contribution is 2.30. The molecule has 2 heterocycles. The summed E-state index contributed by atoms with van der Waals surface area (Å²) in [7, 11) is 0. The highest BCUT2D eigenvalue weighted by molar-refractivity contribution is 5.29. The Bertz CT molecular complexity index is 370. The van der Waals surface area contributed by atoms with Crippen molar-refractivity contribution >= 4 is 5.95 Å². The van der Waals surface area contributed by atoms with Crippen LogP contribution < -0.4 is 10.6 Å². The van der Waals surface area contributed by atoms with Crippen molar-refractivity contribution in [2.75, 3.05) is 24.5 Å². The Kier molecular flexibility index (Phi) is 4.80. The van der Waals surface area contributed by atoms with Gasteiger partial charge in [0.2, 0.25) is 5.89 Å². The van der Waals surface area contributed by atoms with Crippen LogP contribution >= 0.6 is 0 Å². The number of anilines is 1. The van der Waals surface area contributed by atoms with E-state index in [1.54, 1.807) is 0 Å². The monoisotopic (exact) mass is 266 g/mol. The van der Waals surface area contributed by atoms with Crippen LogP contribution in [0.3, 0.4) is 0 Å². The number of nitrogens with two attached hydrogens (primary N) is 1. The van der Waals surface area contributed by atoms with Crippen LogP contribution in [-0.2, 0) is 5.41 Å². The summed E-state index contributed by atoms with van der Waals surface area (Å²) in [6, 6.07) is 0. The zero-order chi connectivity index (χ0) is 13.7. The predicted octanol–water partition coefficient (Wildman–Crippen LogP) is 2.47. The summed E-state index contributed by atoms with van der Waals surface area (Å²) in [5.41, 5.74) is 5.78. The molecule has 5 nitrogen and oxygen atoms in total. The summed E-state index contributed by atoms with van der Waals surface area (Å²) in [5, 5.41) is 4.18. The Morgan fingerprint density at radius 2 is 1.79 bits per heavy atom. The molecule has 0 amide bonds. The molecule has 0 saturated carbocycles. The van der Waals surface area contributed by atoms with Crippen molar-refractivity contribution in [3.63, 3.8) is 0 Å². The fraction of sp³-hybridized carbons (Fsp3) is 0.857. The van der Waals surface area contributed by atoms with Gasteiger partial charge in [0, 0.05) is 19.6 Å². The van der Waals surface area contributed by atoms with Crippen molar-refractivity contribution in [2.24, 2.45) is 5.73 Å². The number of hydrogen-bond donors (Lipinski definition) is 1. The van der Waals surface area contributed by atoms with Crippen molar-refractivity contribution in [3.05, 3.63) is 5.89 Å². The molecule has 1 saturated heterocycles. The second-order valence-corrected chi connectivity index (χ2v) is 5.49. The molecule has 2 rings (SSSR count). The lowest BCUT2D eigenvalue weighted by Gasteiger charge is -2.25. The predicted molar refractivity (Wildman–Crippen MR) is 76.3 cm³/mol. The van der Waals surface area contributed by atoms with E-state index in [0.29, 0.717) is 12.4 Å². The molecular formula is C14H26N4O. The molecule has 0 aromatic carbocycles. The zero-order valence-electron chi connectivity index (χ0n) is 12.2. The van der Waals surface area contributed by atoms with Crippen LogP contribution in [0.2, 0.25) is 0 Å². The highest BCUT2D eigenvalue weighted by atomic mass is 16.5. The van der Waals surface area contributed by atoms with Crippen LogP contribution in [0.1, 0.15) is 58.3 Å². The number of aromatic nitrogens is 2. The first-order valence-corrected chi connectivity index (χ1v) is 7.55. The largest absolute Gasteiger partial charge is 0.338 e. The second kappa shape index (κ2) is 6.37. The maximum atomic E-state index is 5.93. The smallest absolute Gasteiger partial charge is 0.266 e. The van der Waals surface area contributed by atoms with Gasteiger partial charge in [-0.2, -0.15) is 4.98 Å². The van der Waals surface area contributed by atoms with Crippen LogP contribution in [0.5, 0.6) is 0 Å². The topological polar surface area (TPSA) is 68.2 Å². The first kappa shape index (κ1) is 14.3. The molecule has 0 bridgehead atoms. The molecule has 2 N–H and O–H groups in total. The summed E-state index contributed by atoms with van der Waals surface area (Å²) in [5.74, 6) is 1.45. The van der Waals surface area contributed by atoms with E-state index in [0.717, 1.165) is 31.9 Å². The molecule has 1 aliphatic heterocycles. The van der Waals surface area contributed by atoms with Crippen LogP contribution in [0.4, 0.5) is 5.95 Å². The van der Waals surface area contributed by atoms with Gasteiger partial charge in [-0.25, -0.2) is 0 Å². The Morgan fingerprint density at radius 1 is 1.16 bits per heavy atom. The molecule has 0 unspecified atom stereocenters. The Labute approximate surface area is 115 Å². The third-order valence-electron chi connectivity index (χ3n) is 4.50. The summed E-state index contributed by atoms with van der Waals surface area (Å²) >= 11 is 0. The van der Waals surface area contributed by atoms with E-state index in [1.165, 1.54) is 25.7 Å². The van der Waals surface area contributed by atoms with Gasteiger partial charge in [-0.1, -0.05) is 26.7 Å². The van der Waals surface area contributed by atoms with Crippen LogP contribution in [0.15, 0.2) is 4.52 Å². The van der Waals surface area contributed by atoms with Crippen molar-refractivity contribution in [1.29, 1.82) is 0 Å². The minimum absolute atomic E-state index is 0.156. The lowest BCUT2D eigenvalue weighted by Crippen LogP contribution is -2.34. The first-order valence-electron chi connectivity index (χ1n) is 7.55. The normalized spacial score (nSPS) is 17.5. The minimum atomic E-state index is -0.156. The maximum absolute atomic E-state index is 5.93. The van der Waals surface area contributed by atoms with Gasteiger partial charge < -0.3 is 15.2 Å². The van der Waals surface area contributed by atoms with Gasteiger partial charge in [0.1, 0.15) is 0 Å². The van der Waals surface area contributed by atoms with Gasteiger partial charge in [-0.3, -0.25) is 0 Å². The van der Waals surface area contributed by atoms with E-state index < -0.39 is 0 Å². The fourth-order valence-corrected chi connectivity index (χ4v) is 2.76. The van der Waals surface area contributed by atoms with Gasteiger partial charge in [0.25, 0.3) is 5.95 Å². The molecule has 19 heavy (non-hydrogen) atoms. The molecular weight excluding hydrogens is 240 g/mol. The lowest BCUT2D eigenvalue weighted by atomic mass is 9.82. The molecule has 0 spiro atoms. The Morgan fingerprint density at radius 3 is 2.32 bits per heavy atom. The number of nitrogens with zero attached hydrogens (tertiary/aromatic N) is 3. The maximum Gasteiger partial charge on any atom is 0.266 e. The standard InChI is InChI=1S/C14H26N4O/c1-3-14(4-2,11-15)12-16-13(17-19-12)18-9-7-5-6-8-10-18/h3-11,15H2,1-2H3. The van der Waals surface area contributed by atoms with Gasteiger partial charge in [-0.15, -0.1) is 0 Å². The molecule has 1 fully saturated rings. The third-order valence-corrected chi connectivity index (χ3v) is 4.50. The first-order chi connectivity index (χ1) is 9.25. The average Bonchev–Trinajstić information content (AvgIpc) is 2.78. The minimum Gasteiger partial charge on any atom is -0.338 e. The average molecular weight is 266 g/mol. The van der Waals surface area contributed by atoms with Crippen LogP contribution in [-0.4, -0.2) is 29.8 Å². The fourth-order valence-electron chi connectivity index (χ4n) is 2.76. The van der Waals surface area contributed by atoms with E-state index >= 15 is 0 Å². The van der Waals surface area contributed by atoms with Gasteiger partial charge in [-0.05, 0) is 30.8 Å². The third kappa shape index (κ3) is 2.91. The molecule has 1 aromatic heterocycles. The molecule has 0 aliphatic carbocycles. The van der Waals surface area contributed by atoms with E-state index in [4.69, 9.17) is 10.3 Å². The molecule has 108 valence electrons. The Hall–Kier alpha value is -1.10. The van der Waals surface area contributed by atoms with Gasteiger partial charge in [0.05, 0.1) is 5.41 Å². The van der Waals surface area contributed by atoms with E-state index in [9.17, 15) is 0 Å². The molecule has 0 radical (unpaired) electrons. The highest BCUT2D eigenvalue weighted by Gasteiger charge is 2.33. The van der Waals surface area contributed by atoms with Crippen molar-refractivity contribution in [2.45, 2.75) is 57.8 Å². The quantitative estimate of drug-likeness (QED) is 0.886. The summed E-state index contributed by atoms with van der Waals surface area (Å²) in [6.07, 6.45) is 6.90. The number of hydrogen-bond acceptors (Lipinski definition) is 5. The van der Waals surface area contributed by atoms with Gasteiger partial charge in [0.15, 0.2) is 0 Å². The SMILES string of the molecule is CCC(CC)(CN)c1nc(N2CCCCCC2)no1.